The van der Waals surface area contributed by atoms with Gasteiger partial charge in [-0.15, -0.1) is 0 Å². The first-order chi connectivity index (χ1) is 9.10. The zero-order valence-corrected chi connectivity index (χ0v) is 11.4. The molecule has 1 saturated heterocycles. The lowest BCUT2D eigenvalue weighted by Gasteiger charge is -2.37. The molecule has 1 aliphatic heterocycles. The second kappa shape index (κ2) is 4.59. The van der Waals surface area contributed by atoms with Gasteiger partial charge in [0.25, 0.3) is 0 Å². The Labute approximate surface area is 111 Å². The highest BCUT2D eigenvalue weighted by atomic mass is 16.7. The van der Waals surface area contributed by atoms with E-state index < -0.39 is 5.79 Å². The van der Waals surface area contributed by atoms with Gasteiger partial charge in [0.15, 0.2) is 17.3 Å². The van der Waals surface area contributed by atoms with E-state index in [-0.39, 0.29) is 6.04 Å². The van der Waals surface area contributed by atoms with Crippen LogP contribution in [0, 0.1) is 6.92 Å². The second-order valence-corrected chi connectivity index (χ2v) is 4.97. The molecule has 5 heteroatoms. The topological polar surface area (TPSA) is 56.5 Å². The van der Waals surface area contributed by atoms with Crippen molar-refractivity contribution >= 4 is 11.1 Å². The van der Waals surface area contributed by atoms with Crippen LogP contribution in [0.4, 0.5) is 0 Å². The molecule has 1 fully saturated rings. The van der Waals surface area contributed by atoms with Crippen LogP contribution in [0.25, 0.3) is 11.1 Å². The van der Waals surface area contributed by atoms with Crippen LogP contribution in [0.1, 0.15) is 18.4 Å². The number of fused-ring (bicyclic) bond motifs is 1. The van der Waals surface area contributed by atoms with E-state index in [0.717, 1.165) is 16.7 Å². The highest BCUT2D eigenvalue weighted by molar-refractivity contribution is 5.73. The Bertz CT molecular complexity index is 585. The van der Waals surface area contributed by atoms with Crippen LogP contribution in [0.15, 0.2) is 22.6 Å². The van der Waals surface area contributed by atoms with Gasteiger partial charge in [-0.05, 0) is 32.2 Å². The van der Waals surface area contributed by atoms with Crippen LogP contribution in [-0.2, 0) is 15.3 Å². The molecule has 5 nitrogen and oxygen atoms in total. The van der Waals surface area contributed by atoms with Gasteiger partial charge in [-0.3, -0.25) is 0 Å². The summed E-state index contributed by atoms with van der Waals surface area (Å²) in [5, 5.41) is 3.15. The first kappa shape index (κ1) is 12.6. The molecule has 3 rings (SSSR count). The number of nitrogens with one attached hydrogen (secondary N) is 1. The molecule has 1 aromatic carbocycles. The Morgan fingerprint density at radius 3 is 2.74 bits per heavy atom. The minimum absolute atomic E-state index is 0.242. The maximum atomic E-state index is 5.87. The summed E-state index contributed by atoms with van der Waals surface area (Å²) in [5.74, 6) is -0.0491. The van der Waals surface area contributed by atoms with E-state index in [2.05, 4.69) is 10.3 Å². The third-order valence-electron chi connectivity index (χ3n) is 3.55. The molecule has 0 saturated carbocycles. The quantitative estimate of drug-likeness (QED) is 0.896. The third-order valence-corrected chi connectivity index (χ3v) is 3.55. The van der Waals surface area contributed by atoms with Gasteiger partial charge in [0.1, 0.15) is 5.52 Å². The van der Waals surface area contributed by atoms with Gasteiger partial charge in [-0.2, -0.15) is 0 Å². The van der Waals surface area contributed by atoms with E-state index in [1.165, 1.54) is 0 Å². The molecule has 0 radical (unpaired) electrons. The standard InChI is InChI=1S/C14H18N2O3/c1-9-16-12-6-10(4-5-13(12)19-9)14(2)17-7-11(15-3)8-18-14/h4-6,11,15H,7-8H2,1-3H3. The van der Waals surface area contributed by atoms with Crippen molar-refractivity contribution in [3.8, 4) is 0 Å². The Kier molecular flexibility index (Phi) is 3.05. The van der Waals surface area contributed by atoms with Gasteiger partial charge in [-0.25, -0.2) is 4.98 Å². The molecule has 0 bridgehead atoms. The minimum Gasteiger partial charge on any atom is -0.441 e. The molecule has 0 unspecified atom stereocenters. The number of aromatic nitrogens is 1. The van der Waals surface area contributed by atoms with E-state index in [4.69, 9.17) is 13.9 Å². The van der Waals surface area contributed by atoms with E-state index in [0.29, 0.717) is 19.1 Å². The van der Waals surface area contributed by atoms with Gasteiger partial charge < -0.3 is 19.2 Å². The van der Waals surface area contributed by atoms with Crippen molar-refractivity contribution in [1.29, 1.82) is 0 Å². The highest BCUT2D eigenvalue weighted by Gasteiger charge is 2.34. The van der Waals surface area contributed by atoms with Crippen LogP contribution in [-0.4, -0.2) is 31.3 Å². The summed E-state index contributed by atoms with van der Waals surface area (Å²) in [6.45, 7) is 5.03. The van der Waals surface area contributed by atoms with Gasteiger partial charge in [0.05, 0.1) is 19.3 Å². The zero-order valence-electron chi connectivity index (χ0n) is 11.4. The largest absolute Gasteiger partial charge is 0.441 e. The number of hydrogen-bond donors (Lipinski definition) is 1. The molecule has 0 atom stereocenters. The summed E-state index contributed by atoms with van der Waals surface area (Å²) in [6.07, 6.45) is 0. The zero-order chi connectivity index (χ0) is 13.5. The Morgan fingerprint density at radius 1 is 1.32 bits per heavy atom. The monoisotopic (exact) mass is 262 g/mol. The smallest absolute Gasteiger partial charge is 0.192 e. The number of nitrogens with zero attached hydrogens (tertiary/aromatic N) is 1. The summed E-state index contributed by atoms with van der Waals surface area (Å²) in [6, 6.07) is 6.08. The van der Waals surface area contributed by atoms with Crippen molar-refractivity contribution in [2.45, 2.75) is 25.7 Å². The lowest BCUT2D eigenvalue weighted by Crippen LogP contribution is -2.47. The molecule has 102 valence electrons. The molecule has 19 heavy (non-hydrogen) atoms. The minimum atomic E-state index is -0.714. The van der Waals surface area contributed by atoms with E-state index in [1.807, 2.05) is 39.1 Å². The predicted octanol–water partition coefficient (Wildman–Crippen LogP) is 1.94. The van der Waals surface area contributed by atoms with Crippen molar-refractivity contribution < 1.29 is 13.9 Å². The van der Waals surface area contributed by atoms with Gasteiger partial charge in [0.2, 0.25) is 0 Å². The predicted molar refractivity (Wildman–Crippen MR) is 70.8 cm³/mol. The summed E-state index contributed by atoms with van der Waals surface area (Å²) >= 11 is 0. The summed E-state index contributed by atoms with van der Waals surface area (Å²) in [7, 11) is 1.91. The van der Waals surface area contributed by atoms with Crippen molar-refractivity contribution in [2.75, 3.05) is 20.3 Å². The third kappa shape index (κ3) is 2.25. The molecule has 2 aromatic rings. The first-order valence-electron chi connectivity index (χ1n) is 6.43. The number of aryl methyl sites for hydroxylation is 1. The fraction of sp³-hybridized carbons (Fsp3) is 0.500. The second-order valence-electron chi connectivity index (χ2n) is 4.97. The van der Waals surface area contributed by atoms with Crippen molar-refractivity contribution in [1.82, 2.24) is 10.3 Å². The number of oxazole rings is 1. The SMILES string of the molecule is CNC1COC(C)(c2ccc3oc(C)nc3c2)OC1. The van der Waals surface area contributed by atoms with Crippen molar-refractivity contribution in [2.24, 2.45) is 0 Å². The molecule has 2 heterocycles. The van der Waals surface area contributed by atoms with Gasteiger partial charge >= 0.3 is 0 Å². The maximum Gasteiger partial charge on any atom is 0.192 e. The first-order valence-corrected chi connectivity index (χ1v) is 6.43. The number of hydrogen-bond acceptors (Lipinski definition) is 5. The van der Waals surface area contributed by atoms with Gasteiger partial charge in [0, 0.05) is 12.5 Å². The Morgan fingerprint density at radius 2 is 2.05 bits per heavy atom. The van der Waals surface area contributed by atoms with Crippen LogP contribution < -0.4 is 5.32 Å². The molecular weight excluding hydrogens is 244 g/mol. The van der Waals surface area contributed by atoms with E-state index in [9.17, 15) is 0 Å². The van der Waals surface area contributed by atoms with Crippen LogP contribution in [0.2, 0.25) is 0 Å². The average Bonchev–Trinajstić information content (AvgIpc) is 2.78. The Balaban J connectivity index is 1.90. The molecule has 0 aliphatic carbocycles. The summed E-state index contributed by atoms with van der Waals surface area (Å²) in [5.41, 5.74) is 2.58. The van der Waals surface area contributed by atoms with Crippen molar-refractivity contribution in [3.63, 3.8) is 0 Å². The molecule has 1 aliphatic rings. The van der Waals surface area contributed by atoms with Crippen LogP contribution in [0.5, 0.6) is 0 Å². The maximum absolute atomic E-state index is 5.87. The van der Waals surface area contributed by atoms with E-state index >= 15 is 0 Å². The molecular formula is C14H18N2O3. The number of rotatable bonds is 2. The normalized spacial score (nSPS) is 27.8. The fourth-order valence-electron chi connectivity index (χ4n) is 2.27. The van der Waals surface area contributed by atoms with Crippen LogP contribution >= 0.6 is 0 Å². The number of ether oxygens (including phenoxy) is 2. The number of benzene rings is 1. The van der Waals surface area contributed by atoms with Crippen molar-refractivity contribution in [3.05, 3.63) is 29.7 Å². The summed E-state index contributed by atoms with van der Waals surface area (Å²) < 4.78 is 17.2. The lowest BCUT2D eigenvalue weighted by molar-refractivity contribution is -0.272. The molecule has 1 N–H and O–H groups in total. The van der Waals surface area contributed by atoms with E-state index in [1.54, 1.807) is 0 Å². The molecule has 0 amide bonds. The Hall–Kier alpha value is -1.43. The molecule has 0 spiro atoms. The lowest BCUT2D eigenvalue weighted by atomic mass is 10.1. The fourth-order valence-corrected chi connectivity index (χ4v) is 2.27. The number of likely N-dealkylation sites (N-methyl/N-ethyl adjacent to an activating group) is 1. The van der Waals surface area contributed by atoms with Gasteiger partial charge in [-0.1, -0.05) is 0 Å². The highest BCUT2D eigenvalue weighted by Crippen LogP contribution is 2.32. The summed E-state index contributed by atoms with van der Waals surface area (Å²) in [4.78, 5) is 4.34. The van der Waals surface area contributed by atoms with Crippen LogP contribution in [0.3, 0.4) is 0 Å². The molecule has 1 aromatic heterocycles. The average molecular weight is 262 g/mol.